The van der Waals surface area contributed by atoms with Crippen molar-refractivity contribution >= 4 is 0 Å². The normalized spacial score (nSPS) is 10.7. The third-order valence-corrected chi connectivity index (χ3v) is 1.44. The smallest absolute Gasteiger partial charge is 0.0712 e. The highest BCUT2D eigenvalue weighted by Gasteiger charge is 1.84. The van der Waals surface area contributed by atoms with Crippen molar-refractivity contribution in [2.45, 2.75) is 13.3 Å². The maximum absolute atomic E-state index is 8.15. The van der Waals surface area contributed by atoms with Crippen molar-refractivity contribution in [1.29, 1.82) is 0 Å². The fourth-order valence-corrected chi connectivity index (χ4v) is 0.734. The third-order valence-electron chi connectivity index (χ3n) is 1.44. The minimum absolute atomic E-state index is 0.268. The number of hydrogen-bond acceptors (Lipinski definition) is 2. The molecule has 0 aliphatic heterocycles. The van der Waals surface area contributed by atoms with Gasteiger partial charge in [0, 0.05) is 13.7 Å². The molecule has 0 saturated heterocycles. The molecule has 0 aromatic heterocycles. The molecule has 0 amide bonds. The first-order valence-electron chi connectivity index (χ1n) is 4.91. The van der Waals surface area contributed by atoms with Crippen LogP contribution in [-0.4, -0.2) is 25.4 Å². The van der Waals surface area contributed by atoms with E-state index in [0.29, 0.717) is 6.61 Å². The number of aliphatic hydroxyl groups is 1. The number of aliphatic hydroxyl groups excluding tert-OH is 1. The van der Waals surface area contributed by atoms with Gasteiger partial charge in [-0.2, -0.15) is 0 Å². The van der Waals surface area contributed by atoms with Crippen LogP contribution in [0.25, 0.3) is 0 Å². The summed E-state index contributed by atoms with van der Waals surface area (Å²) in [5, 5.41) is 8.15. The summed E-state index contributed by atoms with van der Waals surface area (Å²) in [6.07, 6.45) is 9.99. The van der Waals surface area contributed by atoms with Gasteiger partial charge in [0.05, 0.1) is 6.61 Å². The fraction of sp³-hybridized carbons (Fsp3) is 0.385. The van der Waals surface area contributed by atoms with Gasteiger partial charge in [-0.25, -0.2) is 0 Å². The van der Waals surface area contributed by atoms with Crippen LogP contribution in [0.15, 0.2) is 49.1 Å². The minimum atomic E-state index is 0.268. The molecule has 2 heteroatoms. The maximum Gasteiger partial charge on any atom is 0.0712 e. The van der Waals surface area contributed by atoms with Crippen LogP contribution < -0.4 is 0 Å². The molecular formula is C13H22O2. The van der Waals surface area contributed by atoms with Crippen molar-refractivity contribution in [2.24, 2.45) is 0 Å². The Morgan fingerprint density at radius 2 is 2.07 bits per heavy atom. The van der Waals surface area contributed by atoms with Crippen LogP contribution in [0.2, 0.25) is 0 Å². The van der Waals surface area contributed by atoms with E-state index >= 15 is 0 Å². The second kappa shape index (κ2) is 15.4. The summed E-state index contributed by atoms with van der Waals surface area (Å²) < 4.78 is 4.86. The molecular weight excluding hydrogens is 188 g/mol. The molecule has 15 heavy (non-hydrogen) atoms. The van der Waals surface area contributed by atoms with Crippen LogP contribution in [0, 0.1) is 0 Å². The Hall–Kier alpha value is -1.12. The number of hydrogen-bond donors (Lipinski definition) is 1. The minimum Gasteiger partial charge on any atom is -0.396 e. The van der Waals surface area contributed by atoms with Gasteiger partial charge < -0.3 is 9.84 Å². The lowest BCUT2D eigenvalue weighted by molar-refractivity contribution is 0.228. The van der Waals surface area contributed by atoms with E-state index in [0.717, 1.165) is 12.0 Å². The molecule has 0 unspecified atom stereocenters. The molecule has 0 rings (SSSR count). The van der Waals surface area contributed by atoms with Crippen LogP contribution in [0.5, 0.6) is 0 Å². The van der Waals surface area contributed by atoms with Crippen LogP contribution in [-0.2, 0) is 4.74 Å². The summed E-state index contributed by atoms with van der Waals surface area (Å²) >= 11 is 0. The molecule has 0 aromatic carbocycles. The molecule has 0 fully saturated rings. The Balaban J connectivity index is 0. The Bertz CT molecular complexity index is 203. The van der Waals surface area contributed by atoms with Gasteiger partial charge in [-0.05, 0) is 18.9 Å². The summed E-state index contributed by atoms with van der Waals surface area (Å²) in [6.45, 7) is 9.97. The highest BCUT2D eigenvalue weighted by atomic mass is 16.5. The van der Waals surface area contributed by atoms with Gasteiger partial charge in [0.1, 0.15) is 0 Å². The molecule has 0 aliphatic rings. The first-order valence-corrected chi connectivity index (χ1v) is 4.91. The van der Waals surface area contributed by atoms with Crippen molar-refractivity contribution in [3.05, 3.63) is 49.1 Å². The molecule has 0 radical (unpaired) electrons. The fourth-order valence-electron chi connectivity index (χ4n) is 0.734. The molecule has 0 saturated carbocycles. The Kier molecular flexibility index (Phi) is 16.7. The Morgan fingerprint density at radius 1 is 1.40 bits per heavy atom. The van der Waals surface area contributed by atoms with E-state index in [4.69, 9.17) is 9.84 Å². The largest absolute Gasteiger partial charge is 0.396 e. The van der Waals surface area contributed by atoms with Gasteiger partial charge in [0.25, 0.3) is 0 Å². The average molecular weight is 210 g/mol. The SMILES string of the molecule is C/C=C/CCO.C=C/C=C(\C=C)COC. The van der Waals surface area contributed by atoms with E-state index in [1.54, 1.807) is 19.3 Å². The van der Waals surface area contributed by atoms with Crippen LogP contribution in [0.4, 0.5) is 0 Å². The monoisotopic (exact) mass is 210 g/mol. The quantitative estimate of drug-likeness (QED) is 0.539. The van der Waals surface area contributed by atoms with Gasteiger partial charge in [0.15, 0.2) is 0 Å². The molecule has 0 bridgehead atoms. The lowest BCUT2D eigenvalue weighted by Gasteiger charge is -1.95. The topological polar surface area (TPSA) is 29.5 Å². The second-order valence-corrected chi connectivity index (χ2v) is 2.70. The molecule has 0 aliphatic carbocycles. The lowest BCUT2D eigenvalue weighted by Crippen LogP contribution is -1.89. The second-order valence-electron chi connectivity index (χ2n) is 2.70. The number of allylic oxidation sites excluding steroid dienone is 3. The Labute approximate surface area is 93.3 Å². The Morgan fingerprint density at radius 3 is 2.33 bits per heavy atom. The standard InChI is InChI=1S/C8H12O.C5H10O/c1-4-6-8(5-2)7-9-3;1-2-3-4-5-6/h4-6H,1-2,7H2,3H3;2-3,6H,4-5H2,1H3/b8-6+;3-2+. The molecule has 1 N–H and O–H groups in total. The molecule has 86 valence electrons. The highest BCUT2D eigenvalue weighted by Crippen LogP contribution is 1.94. The van der Waals surface area contributed by atoms with E-state index in [1.165, 1.54) is 0 Å². The number of rotatable bonds is 6. The first-order chi connectivity index (χ1) is 7.26. The van der Waals surface area contributed by atoms with Gasteiger partial charge >= 0.3 is 0 Å². The van der Waals surface area contributed by atoms with E-state index in [1.807, 2.05) is 25.2 Å². The zero-order valence-corrected chi connectivity index (χ0v) is 9.78. The van der Waals surface area contributed by atoms with Gasteiger partial charge in [-0.3, -0.25) is 0 Å². The van der Waals surface area contributed by atoms with Gasteiger partial charge in [0.2, 0.25) is 0 Å². The average Bonchev–Trinajstić information content (AvgIpc) is 2.27. The zero-order valence-electron chi connectivity index (χ0n) is 9.78. The first kappa shape index (κ1) is 16.3. The predicted octanol–water partition coefficient (Wildman–Crippen LogP) is 2.88. The molecule has 0 aromatic rings. The zero-order chi connectivity index (χ0) is 11.9. The summed E-state index contributed by atoms with van der Waals surface area (Å²) in [5.41, 5.74) is 1.05. The van der Waals surface area contributed by atoms with Gasteiger partial charge in [-0.1, -0.05) is 43.5 Å². The highest BCUT2D eigenvalue weighted by molar-refractivity contribution is 5.21. The number of ether oxygens (including phenoxy) is 1. The van der Waals surface area contributed by atoms with E-state index in [9.17, 15) is 0 Å². The van der Waals surface area contributed by atoms with Crippen molar-refractivity contribution < 1.29 is 9.84 Å². The molecule has 0 heterocycles. The van der Waals surface area contributed by atoms with Crippen molar-refractivity contribution in [1.82, 2.24) is 0 Å². The third kappa shape index (κ3) is 15.6. The molecule has 0 spiro atoms. The van der Waals surface area contributed by atoms with Crippen LogP contribution in [0.1, 0.15) is 13.3 Å². The van der Waals surface area contributed by atoms with Crippen molar-refractivity contribution in [2.75, 3.05) is 20.3 Å². The van der Waals surface area contributed by atoms with Crippen LogP contribution in [0.3, 0.4) is 0 Å². The summed E-state index contributed by atoms with van der Waals surface area (Å²) in [7, 11) is 1.65. The molecule has 2 nitrogen and oxygen atoms in total. The van der Waals surface area contributed by atoms with Gasteiger partial charge in [-0.15, -0.1) is 0 Å². The van der Waals surface area contributed by atoms with E-state index in [-0.39, 0.29) is 6.61 Å². The lowest BCUT2D eigenvalue weighted by atomic mass is 10.2. The maximum atomic E-state index is 8.15. The molecule has 0 atom stereocenters. The predicted molar refractivity (Wildman–Crippen MR) is 66.9 cm³/mol. The van der Waals surface area contributed by atoms with Crippen molar-refractivity contribution in [3.8, 4) is 0 Å². The summed E-state index contributed by atoms with van der Waals surface area (Å²) in [6, 6.07) is 0. The summed E-state index contributed by atoms with van der Waals surface area (Å²) in [4.78, 5) is 0. The summed E-state index contributed by atoms with van der Waals surface area (Å²) in [5.74, 6) is 0. The van der Waals surface area contributed by atoms with Crippen molar-refractivity contribution in [3.63, 3.8) is 0 Å². The van der Waals surface area contributed by atoms with E-state index in [2.05, 4.69) is 13.2 Å². The number of methoxy groups -OCH3 is 1. The van der Waals surface area contributed by atoms with Crippen LogP contribution >= 0.6 is 0 Å². The van der Waals surface area contributed by atoms with E-state index < -0.39 is 0 Å².